The number of hydrogen-bond donors (Lipinski definition) is 0. The first kappa shape index (κ1) is 42.2. The molecule has 0 amide bonds. The highest BCUT2D eigenvalue weighted by Crippen LogP contribution is 2.54. The summed E-state index contributed by atoms with van der Waals surface area (Å²) in [5.41, 5.74) is 18.5. The quantitative estimate of drug-likeness (QED) is 0.172. The summed E-state index contributed by atoms with van der Waals surface area (Å²) in [6, 6.07) is 41.5. The molecule has 0 N–H and O–H groups in total. The second-order valence-corrected chi connectivity index (χ2v) is 23.9. The fourth-order valence-corrected chi connectivity index (χ4v) is 12.0. The summed E-state index contributed by atoms with van der Waals surface area (Å²) in [6.45, 7) is 29.0. The fourth-order valence-electron chi connectivity index (χ4n) is 11.7. The number of halogens is 1. The van der Waals surface area contributed by atoms with Gasteiger partial charge in [-0.05, 0) is 176 Å². The molecule has 0 aliphatic heterocycles. The molecule has 0 saturated carbocycles. The van der Waals surface area contributed by atoms with Crippen molar-refractivity contribution in [3.05, 3.63) is 148 Å². The molecule has 2 nitrogen and oxygen atoms in total. The van der Waals surface area contributed by atoms with Crippen molar-refractivity contribution in [1.29, 1.82) is 0 Å². The van der Waals surface area contributed by atoms with Crippen LogP contribution in [0.1, 0.15) is 155 Å². The van der Waals surface area contributed by atoms with E-state index in [1.807, 2.05) is 6.07 Å². The Morgan fingerprint density at radius 3 is 1.38 bits per heavy atom. The van der Waals surface area contributed by atoms with Gasteiger partial charge in [-0.3, -0.25) is 0 Å². The van der Waals surface area contributed by atoms with Crippen LogP contribution in [-0.2, 0) is 32.5 Å². The normalized spacial score (nSPS) is 19.9. The van der Waals surface area contributed by atoms with Gasteiger partial charge < -0.3 is 9.32 Å². The molecule has 0 fully saturated rings. The highest BCUT2D eigenvalue weighted by atomic mass is 35.5. The van der Waals surface area contributed by atoms with Crippen molar-refractivity contribution in [2.24, 2.45) is 0 Å². The molecule has 0 spiro atoms. The topological polar surface area (TPSA) is 16.4 Å². The highest BCUT2D eigenvalue weighted by molar-refractivity contribution is 6.36. The Morgan fingerprint density at radius 2 is 0.841 bits per heavy atom. The molecule has 1 aromatic heterocycles. The average molecular weight is 853 g/mol. The lowest BCUT2D eigenvalue weighted by Crippen LogP contribution is -2.34. The number of benzene rings is 6. The smallest absolute Gasteiger partial charge is 0.136 e. The molecule has 7 aromatic rings. The summed E-state index contributed by atoms with van der Waals surface area (Å²) in [5.74, 6) is 0. The third-order valence-corrected chi connectivity index (χ3v) is 16.8. The van der Waals surface area contributed by atoms with E-state index in [-0.39, 0.29) is 32.5 Å². The molecule has 0 unspecified atom stereocenters. The van der Waals surface area contributed by atoms with E-state index in [9.17, 15) is 0 Å². The maximum atomic E-state index is 8.09. The van der Waals surface area contributed by atoms with E-state index in [0.29, 0.717) is 0 Å². The van der Waals surface area contributed by atoms with Crippen LogP contribution < -0.4 is 4.90 Å². The zero-order valence-electron chi connectivity index (χ0n) is 39.9. The summed E-state index contributed by atoms with van der Waals surface area (Å²) >= 11 is 8.09. The third-order valence-electron chi connectivity index (χ3n) is 16.4. The van der Waals surface area contributed by atoms with Crippen LogP contribution in [0.5, 0.6) is 0 Å². The molecule has 0 saturated heterocycles. The van der Waals surface area contributed by atoms with Crippen LogP contribution in [-0.4, -0.2) is 0 Å². The number of hydrogen-bond acceptors (Lipinski definition) is 2. The van der Waals surface area contributed by atoms with Gasteiger partial charge in [0.15, 0.2) is 0 Å². The molecule has 0 radical (unpaired) electrons. The van der Waals surface area contributed by atoms with E-state index in [4.69, 9.17) is 16.0 Å². The summed E-state index contributed by atoms with van der Waals surface area (Å²) in [5, 5.41) is 3.02. The Kier molecular flexibility index (Phi) is 9.44. The Labute approximate surface area is 382 Å². The average Bonchev–Trinajstić information content (AvgIpc) is 3.62. The number of furan rings is 1. The predicted molar refractivity (Wildman–Crippen MR) is 270 cm³/mol. The van der Waals surface area contributed by atoms with E-state index in [1.54, 1.807) is 0 Å². The third kappa shape index (κ3) is 6.88. The summed E-state index contributed by atoms with van der Waals surface area (Å²) in [7, 11) is 0. The zero-order valence-corrected chi connectivity index (χ0v) is 40.6. The number of para-hydroxylation sites is 1. The molecular formula is C60H66ClNO. The van der Waals surface area contributed by atoms with Gasteiger partial charge in [0.1, 0.15) is 11.2 Å². The SMILES string of the molecule is CC1(C)CCC(C)(C)c2cc(-c3cc(-c4ccc5c(c4)oc4ccccc45)cc(N(c4ccc5c(c4)C(C)(C)CCC5(C)C)c4ccc5c(c4)C(C)(C)CCC5(C)C)c3Cl)ccc21. The van der Waals surface area contributed by atoms with Gasteiger partial charge >= 0.3 is 0 Å². The lowest BCUT2D eigenvalue weighted by molar-refractivity contribution is 0.332. The Bertz CT molecular complexity index is 2910. The minimum Gasteiger partial charge on any atom is -0.456 e. The van der Waals surface area contributed by atoms with Gasteiger partial charge in [-0.2, -0.15) is 0 Å². The maximum absolute atomic E-state index is 8.09. The van der Waals surface area contributed by atoms with Gasteiger partial charge in [0, 0.05) is 27.7 Å². The Hall–Kier alpha value is -4.79. The molecule has 3 heteroatoms. The first-order chi connectivity index (χ1) is 29.6. The molecular weight excluding hydrogens is 786 g/mol. The van der Waals surface area contributed by atoms with Crippen LogP contribution in [0.4, 0.5) is 17.1 Å². The minimum atomic E-state index is 0.0386. The Morgan fingerprint density at radius 1 is 0.397 bits per heavy atom. The molecule has 0 atom stereocenters. The molecule has 3 aliphatic rings. The van der Waals surface area contributed by atoms with Crippen molar-refractivity contribution in [2.75, 3.05) is 4.90 Å². The van der Waals surface area contributed by atoms with Crippen molar-refractivity contribution < 1.29 is 4.42 Å². The van der Waals surface area contributed by atoms with E-state index >= 15 is 0 Å². The standard InChI is InChI=1S/C60H66ClNO/c1-55(2)25-28-58(7,8)48-32-38(18-22-45(48)55)44-31-39(37-17-21-43-42-15-13-14-16-52(42)63-53(43)34-37)33-51(54(44)61)62(40-19-23-46-49(35-40)59(9,10)29-26-56(46,3)4)41-20-24-47-50(36-41)60(11,12)30-27-57(47,5)6/h13-24,31-36H,25-30H2,1-12H3. The van der Waals surface area contributed by atoms with Gasteiger partial charge in [0.25, 0.3) is 0 Å². The van der Waals surface area contributed by atoms with Gasteiger partial charge in [0.05, 0.1) is 10.7 Å². The molecule has 6 aromatic carbocycles. The van der Waals surface area contributed by atoms with Crippen molar-refractivity contribution in [3.8, 4) is 22.3 Å². The number of fused-ring (bicyclic) bond motifs is 6. The monoisotopic (exact) mass is 851 g/mol. The number of rotatable bonds is 5. The molecule has 0 bridgehead atoms. The minimum absolute atomic E-state index is 0.0386. The second kappa shape index (κ2) is 14.1. The van der Waals surface area contributed by atoms with E-state index in [0.717, 1.165) is 85.5 Å². The van der Waals surface area contributed by atoms with E-state index in [2.05, 4.69) is 191 Å². The Balaban J connectivity index is 1.27. The van der Waals surface area contributed by atoms with Crippen molar-refractivity contribution >= 4 is 50.6 Å². The van der Waals surface area contributed by atoms with Crippen molar-refractivity contribution in [2.45, 2.75) is 154 Å². The van der Waals surface area contributed by atoms with Gasteiger partial charge in [-0.15, -0.1) is 0 Å². The largest absolute Gasteiger partial charge is 0.456 e. The van der Waals surface area contributed by atoms with Crippen LogP contribution in [0.2, 0.25) is 5.02 Å². The fraction of sp³-hybridized carbons (Fsp3) is 0.400. The number of nitrogens with zero attached hydrogens (tertiary/aromatic N) is 1. The van der Waals surface area contributed by atoms with Crippen LogP contribution in [0.25, 0.3) is 44.2 Å². The van der Waals surface area contributed by atoms with Crippen LogP contribution in [0, 0.1) is 0 Å². The summed E-state index contributed by atoms with van der Waals surface area (Å²) in [6.07, 6.45) is 6.97. The van der Waals surface area contributed by atoms with Gasteiger partial charge in [-0.25, -0.2) is 0 Å². The molecule has 63 heavy (non-hydrogen) atoms. The summed E-state index contributed by atoms with van der Waals surface area (Å²) in [4.78, 5) is 2.48. The van der Waals surface area contributed by atoms with Crippen molar-refractivity contribution in [1.82, 2.24) is 0 Å². The van der Waals surface area contributed by atoms with Crippen molar-refractivity contribution in [3.63, 3.8) is 0 Å². The highest BCUT2D eigenvalue weighted by Gasteiger charge is 2.41. The van der Waals surface area contributed by atoms with Gasteiger partial charge in [-0.1, -0.05) is 149 Å². The second-order valence-electron chi connectivity index (χ2n) is 23.5. The number of anilines is 3. The molecule has 1 heterocycles. The summed E-state index contributed by atoms with van der Waals surface area (Å²) < 4.78 is 6.52. The van der Waals surface area contributed by atoms with E-state index < -0.39 is 0 Å². The molecule has 324 valence electrons. The molecule has 3 aliphatic carbocycles. The molecule has 10 rings (SSSR count). The lowest BCUT2D eigenvalue weighted by Gasteiger charge is -2.43. The van der Waals surface area contributed by atoms with E-state index in [1.165, 1.54) is 52.6 Å². The zero-order chi connectivity index (χ0) is 44.6. The maximum Gasteiger partial charge on any atom is 0.136 e. The first-order valence-electron chi connectivity index (χ1n) is 23.6. The van der Waals surface area contributed by atoms with Crippen LogP contribution in [0.3, 0.4) is 0 Å². The van der Waals surface area contributed by atoms with Crippen LogP contribution in [0.15, 0.2) is 114 Å². The van der Waals surface area contributed by atoms with Gasteiger partial charge in [0.2, 0.25) is 0 Å². The van der Waals surface area contributed by atoms with Crippen LogP contribution >= 0.6 is 11.6 Å². The first-order valence-corrected chi connectivity index (χ1v) is 24.0. The lowest BCUT2D eigenvalue weighted by atomic mass is 9.63. The predicted octanol–water partition coefficient (Wildman–Crippen LogP) is 18.1.